The number of carbonyl (C=O) groups excluding carboxylic acids is 2. The summed E-state index contributed by atoms with van der Waals surface area (Å²) in [6.07, 6.45) is 1.38. The number of ether oxygens (including phenoxy) is 1. The molecule has 0 aliphatic heterocycles. The number of hydrogen-bond donors (Lipinski definition) is 0. The molecule has 0 fully saturated rings. The van der Waals surface area contributed by atoms with Crippen molar-refractivity contribution in [3.05, 3.63) is 38.9 Å². The molecule has 0 aromatic heterocycles. The Morgan fingerprint density at radius 2 is 2.18 bits per heavy atom. The fourth-order valence-corrected chi connectivity index (χ4v) is 1.80. The first-order chi connectivity index (χ1) is 10.4. The van der Waals surface area contributed by atoms with Crippen molar-refractivity contribution in [2.24, 2.45) is 5.92 Å². The molecule has 1 unspecified atom stereocenters. The van der Waals surface area contributed by atoms with E-state index in [1.807, 2.05) is 6.92 Å². The highest BCUT2D eigenvalue weighted by atomic mass is 35.5. The zero-order valence-electron chi connectivity index (χ0n) is 11.7. The zero-order chi connectivity index (χ0) is 16.7. The molecule has 0 bridgehead atoms. The van der Waals surface area contributed by atoms with E-state index < -0.39 is 28.3 Å². The molecule has 1 aromatic carbocycles. The SMILES string of the molecule is CCCCOC(=O)C(C#N)C(=O)c1ccc(Cl)cc1[N+](=O)[O-]. The highest BCUT2D eigenvalue weighted by Crippen LogP contribution is 2.25. The first-order valence-corrected chi connectivity index (χ1v) is 6.84. The summed E-state index contributed by atoms with van der Waals surface area (Å²) in [6, 6.07) is 4.91. The van der Waals surface area contributed by atoms with Gasteiger partial charge in [0.15, 0.2) is 5.78 Å². The maximum absolute atomic E-state index is 12.2. The second-order valence-electron chi connectivity index (χ2n) is 4.37. The van der Waals surface area contributed by atoms with E-state index in [0.29, 0.717) is 6.42 Å². The molecule has 1 rings (SSSR count). The number of halogens is 1. The van der Waals surface area contributed by atoms with Crippen LogP contribution in [0.1, 0.15) is 30.1 Å². The molecule has 116 valence electrons. The summed E-state index contributed by atoms with van der Waals surface area (Å²) in [6.45, 7) is 1.97. The summed E-state index contributed by atoms with van der Waals surface area (Å²) < 4.78 is 4.82. The fraction of sp³-hybridized carbons (Fsp3) is 0.357. The number of hydrogen-bond acceptors (Lipinski definition) is 6. The van der Waals surface area contributed by atoms with Crippen LogP contribution < -0.4 is 0 Å². The Morgan fingerprint density at radius 1 is 1.50 bits per heavy atom. The second-order valence-corrected chi connectivity index (χ2v) is 4.80. The maximum Gasteiger partial charge on any atom is 0.331 e. The van der Waals surface area contributed by atoms with Crippen molar-refractivity contribution in [1.29, 1.82) is 5.26 Å². The van der Waals surface area contributed by atoms with Gasteiger partial charge < -0.3 is 4.74 Å². The normalized spacial score (nSPS) is 11.3. The lowest BCUT2D eigenvalue weighted by molar-refractivity contribution is -0.385. The Morgan fingerprint density at radius 3 is 2.73 bits per heavy atom. The quantitative estimate of drug-likeness (QED) is 0.190. The van der Waals surface area contributed by atoms with Gasteiger partial charge in [-0.05, 0) is 18.6 Å². The fourth-order valence-electron chi connectivity index (χ4n) is 1.64. The van der Waals surface area contributed by atoms with Gasteiger partial charge in [-0.3, -0.25) is 19.7 Å². The van der Waals surface area contributed by atoms with Gasteiger partial charge in [-0.15, -0.1) is 0 Å². The van der Waals surface area contributed by atoms with Crippen LogP contribution in [0.25, 0.3) is 0 Å². The Bertz CT molecular complexity index is 639. The lowest BCUT2D eigenvalue weighted by atomic mass is 9.97. The summed E-state index contributed by atoms with van der Waals surface area (Å²) in [5.74, 6) is -3.73. The smallest absolute Gasteiger partial charge is 0.331 e. The molecule has 0 heterocycles. The number of rotatable bonds is 7. The first kappa shape index (κ1) is 17.6. The molecule has 7 nitrogen and oxygen atoms in total. The number of nitro benzene ring substituents is 1. The van der Waals surface area contributed by atoms with E-state index in [2.05, 4.69) is 0 Å². The molecule has 1 aromatic rings. The Kier molecular flexibility index (Phi) is 6.47. The highest BCUT2D eigenvalue weighted by molar-refractivity contribution is 6.31. The molecular formula is C14H13ClN2O5. The van der Waals surface area contributed by atoms with Gasteiger partial charge in [-0.2, -0.15) is 5.26 Å². The Balaban J connectivity index is 3.05. The minimum atomic E-state index is -1.74. The van der Waals surface area contributed by atoms with E-state index in [0.717, 1.165) is 18.6 Å². The monoisotopic (exact) mass is 324 g/mol. The zero-order valence-corrected chi connectivity index (χ0v) is 12.5. The lowest BCUT2D eigenvalue weighted by Gasteiger charge is -2.09. The number of nitro groups is 1. The molecule has 0 spiro atoms. The molecule has 0 saturated carbocycles. The number of Topliss-reactive ketones (excluding diaryl/α,β-unsaturated/α-hetero) is 1. The van der Waals surface area contributed by atoms with E-state index in [-0.39, 0.29) is 17.2 Å². The number of esters is 1. The molecule has 1 atom stereocenters. The third-order valence-electron chi connectivity index (χ3n) is 2.79. The van der Waals surface area contributed by atoms with Crippen molar-refractivity contribution in [3.8, 4) is 6.07 Å². The number of carbonyl (C=O) groups is 2. The molecular weight excluding hydrogens is 312 g/mol. The van der Waals surface area contributed by atoms with Crippen molar-refractivity contribution in [2.45, 2.75) is 19.8 Å². The average Bonchev–Trinajstić information content (AvgIpc) is 2.47. The topological polar surface area (TPSA) is 110 Å². The summed E-state index contributed by atoms with van der Waals surface area (Å²) in [5.41, 5.74) is -0.910. The van der Waals surface area contributed by atoms with Crippen LogP contribution in [-0.2, 0) is 9.53 Å². The van der Waals surface area contributed by atoms with Gasteiger partial charge in [0, 0.05) is 11.1 Å². The van der Waals surface area contributed by atoms with Crippen LogP contribution in [0.3, 0.4) is 0 Å². The van der Waals surface area contributed by atoms with Crippen LogP contribution in [0, 0.1) is 27.4 Å². The van der Waals surface area contributed by atoms with Gasteiger partial charge in [-0.25, -0.2) is 0 Å². The van der Waals surface area contributed by atoms with Gasteiger partial charge in [0.05, 0.1) is 23.2 Å². The third-order valence-corrected chi connectivity index (χ3v) is 3.03. The third kappa shape index (κ3) is 4.27. The van der Waals surface area contributed by atoms with Gasteiger partial charge in [0.25, 0.3) is 5.69 Å². The van der Waals surface area contributed by atoms with Gasteiger partial charge in [0.1, 0.15) is 0 Å². The van der Waals surface area contributed by atoms with E-state index >= 15 is 0 Å². The van der Waals surface area contributed by atoms with Gasteiger partial charge >= 0.3 is 5.97 Å². The standard InChI is InChI=1S/C14H13ClN2O5/c1-2-3-6-22-14(19)11(8-16)13(18)10-5-4-9(15)7-12(10)17(20)21/h4-5,7,11H,2-3,6H2,1H3. The van der Waals surface area contributed by atoms with Crippen molar-refractivity contribution >= 4 is 29.0 Å². The van der Waals surface area contributed by atoms with Crippen molar-refractivity contribution in [2.75, 3.05) is 6.61 Å². The number of nitrogens with zero attached hydrogens (tertiary/aromatic N) is 2. The largest absolute Gasteiger partial charge is 0.464 e. The summed E-state index contributed by atoms with van der Waals surface area (Å²) in [7, 11) is 0. The van der Waals surface area contributed by atoms with E-state index in [4.69, 9.17) is 21.6 Å². The van der Waals surface area contributed by atoms with Crippen LogP contribution in [0.4, 0.5) is 5.69 Å². The molecule has 0 amide bonds. The number of nitriles is 1. The van der Waals surface area contributed by atoms with Crippen molar-refractivity contribution in [1.82, 2.24) is 0 Å². The van der Waals surface area contributed by atoms with Crippen LogP contribution in [0.2, 0.25) is 5.02 Å². The summed E-state index contributed by atoms with van der Waals surface area (Å²) in [4.78, 5) is 34.1. The second kappa shape index (κ2) is 8.10. The number of unbranched alkanes of at least 4 members (excludes halogenated alkanes) is 1. The minimum absolute atomic E-state index is 0.0716. The lowest BCUT2D eigenvalue weighted by Crippen LogP contribution is -2.26. The molecule has 8 heteroatoms. The van der Waals surface area contributed by atoms with Gasteiger partial charge in [-0.1, -0.05) is 24.9 Å². The van der Waals surface area contributed by atoms with Crippen molar-refractivity contribution in [3.63, 3.8) is 0 Å². The van der Waals surface area contributed by atoms with E-state index in [1.54, 1.807) is 0 Å². The highest BCUT2D eigenvalue weighted by Gasteiger charge is 2.33. The Hall–Kier alpha value is -2.46. The molecule has 0 radical (unpaired) electrons. The first-order valence-electron chi connectivity index (χ1n) is 6.46. The van der Waals surface area contributed by atoms with E-state index in [9.17, 15) is 19.7 Å². The number of ketones is 1. The average molecular weight is 325 g/mol. The Labute approximate surface area is 131 Å². The molecule has 0 aliphatic carbocycles. The molecule has 0 aliphatic rings. The molecule has 22 heavy (non-hydrogen) atoms. The van der Waals surface area contributed by atoms with Crippen LogP contribution in [-0.4, -0.2) is 23.3 Å². The molecule has 0 N–H and O–H groups in total. The summed E-state index contributed by atoms with van der Waals surface area (Å²) in [5, 5.41) is 20.0. The number of benzene rings is 1. The van der Waals surface area contributed by atoms with Crippen LogP contribution in [0.15, 0.2) is 18.2 Å². The summed E-state index contributed by atoms with van der Waals surface area (Å²) >= 11 is 5.65. The minimum Gasteiger partial charge on any atom is -0.464 e. The maximum atomic E-state index is 12.2. The van der Waals surface area contributed by atoms with Crippen molar-refractivity contribution < 1.29 is 19.2 Å². The van der Waals surface area contributed by atoms with E-state index in [1.165, 1.54) is 12.1 Å². The predicted octanol–water partition coefficient (Wildman–Crippen LogP) is 2.91. The molecule has 0 saturated heterocycles. The van der Waals surface area contributed by atoms with Crippen LogP contribution in [0.5, 0.6) is 0 Å². The van der Waals surface area contributed by atoms with Gasteiger partial charge in [0.2, 0.25) is 5.92 Å². The predicted molar refractivity (Wildman–Crippen MR) is 77.4 cm³/mol. The van der Waals surface area contributed by atoms with Crippen LogP contribution >= 0.6 is 11.6 Å².